The number of hydrogen-bond donors (Lipinski definition) is 1. The number of rotatable bonds is 2. The maximum atomic E-state index is 14.2. The quantitative estimate of drug-likeness (QED) is 0.864. The molecule has 21 heavy (non-hydrogen) atoms. The third kappa shape index (κ3) is 2.14. The van der Waals surface area contributed by atoms with E-state index in [-0.39, 0.29) is 16.9 Å². The van der Waals surface area contributed by atoms with Crippen LogP contribution in [0.2, 0.25) is 0 Å². The zero-order valence-electron chi connectivity index (χ0n) is 11.0. The van der Waals surface area contributed by atoms with Crippen molar-refractivity contribution in [1.82, 2.24) is 0 Å². The van der Waals surface area contributed by atoms with Gasteiger partial charge in [-0.2, -0.15) is 0 Å². The van der Waals surface area contributed by atoms with Gasteiger partial charge in [0.05, 0.1) is 16.9 Å². The van der Waals surface area contributed by atoms with Gasteiger partial charge in [-0.15, -0.1) is 0 Å². The van der Waals surface area contributed by atoms with Crippen molar-refractivity contribution in [2.45, 2.75) is 0 Å². The molecule has 2 aromatic rings. The SMILES string of the molecule is CN(c1cccc(F)c1)c1cc2c(cc1F)C(=O)C(=O)N2. The second-order valence-electron chi connectivity index (χ2n) is 4.67. The highest BCUT2D eigenvalue weighted by Gasteiger charge is 2.30. The van der Waals surface area contributed by atoms with Crippen LogP contribution in [0.3, 0.4) is 0 Å². The molecule has 6 heteroatoms. The number of Topliss-reactive ketones (excluding diaryl/α,β-unsaturated/α-hetero) is 1. The second kappa shape index (κ2) is 4.66. The van der Waals surface area contributed by atoms with E-state index in [9.17, 15) is 18.4 Å². The lowest BCUT2D eigenvalue weighted by Gasteiger charge is -2.20. The number of hydrogen-bond acceptors (Lipinski definition) is 3. The molecule has 3 rings (SSSR count). The smallest absolute Gasteiger partial charge is 0.296 e. The van der Waals surface area contributed by atoms with Gasteiger partial charge in [-0.1, -0.05) is 6.07 Å². The van der Waals surface area contributed by atoms with Crippen LogP contribution in [-0.4, -0.2) is 18.7 Å². The Morgan fingerprint density at radius 1 is 1.10 bits per heavy atom. The summed E-state index contributed by atoms with van der Waals surface area (Å²) < 4.78 is 27.4. The first-order valence-corrected chi connectivity index (χ1v) is 6.16. The lowest BCUT2D eigenvalue weighted by Crippen LogP contribution is -2.12. The largest absolute Gasteiger partial charge is 0.342 e. The van der Waals surface area contributed by atoms with Gasteiger partial charge in [-0.05, 0) is 30.3 Å². The van der Waals surface area contributed by atoms with Crippen LogP contribution in [-0.2, 0) is 4.79 Å². The maximum absolute atomic E-state index is 14.2. The van der Waals surface area contributed by atoms with Crippen LogP contribution in [0.5, 0.6) is 0 Å². The van der Waals surface area contributed by atoms with Crippen LogP contribution in [0, 0.1) is 11.6 Å². The number of ketones is 1. The number of carbonyl (C=O) groups excluding carboxylic acids is 2. The fraction of sp³-hybridized carbons (Fsp3) is 0.0667. The Hall–Kier alpha value is -2.76. The monoisotopic (exact) mass is 288 g/mol. The van der Waals surface area contributed by atoms with Gasteiger partial charge in [0.25, 0.3) is 11.7 Å². The van der Waals surface area contributed by atoms with Gasteiger partial charge in [-0.25, -0.2) is 8.78 Å². The topological polar surface area (TPSA) is 49.4 Å². The summed E-state index contributed by atoms with van der Waals surface area (Å²) in [6.07, 6.45) is 0. The average molecular weight is 288 g/mol. The third-order valence-corrected chi connectivity index (χ3v) is 3.34. The standard InChI is InChI=1S/C15H10F2N2O2/c1-19(9-4-2-3-8(16)5-9)13-7-12-10(6-11(13)17)14(20)15(21)18-12/h2-7H,1H3,(H,18,20,21). The summed E-state index contributed by atoms with van der Waals surface area (Å²) in [6, 6.07) is 8.06. The molecule has 1 heterocycles. The lowest BCUT2D eigenvalue weighted by molar-refractivity contribution is -0.112. The molecule has 0 bridgehead atoms. The Bertz CT molecular complexity index is 774. The molecule has 0 fully saturated rings. The molecule has 0 saturated carbocycles. The van der Waals surface area contributed by atoms with E-state index in [1.807, 2.05) is 0 Å². The Morgan fingerprint density at radius 3 is 2.57 bits per heavy atom. The Labute approximate surface area is 119 Å². The van der Waals surface area contributed by atoms with Crippen molar-refractivity contribution >= 4 is 28.8 Å². The first-order chi connectivity index (χ1) is 9.97. The molecular formula is C15H10F2N2O2. The minimum Gasteiger partial charge on any atom is -0.342 e. The fourth-order valence-electron chi connectivity index (χ4n) is 2.24. The Balaban J connectivity index is 2.06. The molecule has 0 unspecified atom stereocenters. The van der Waals surface area contributed by atoms with Crippen molar-refractivity contribution in [3.05, 3.63) is 53.6 Å². The van der Waals surface area contributed by atoms with Crippen LogP contribution in [0.25, 0.3) is 0 Å². The fourth-order valence-corrected chi connectivity index (χ4v) is 2.24. The highest BCUT2D eigenvalue weighted by molar-refractivity contribution is 6.51. The summed E-state index contributed by atoms with van der Waals surface area (Å²) in [4.78, 5) is 24.2. The number of nitrogens with zero attached hydrogens (tertiary/aromatic N) is 1. The molecule has 106 valence electrons. The number of nitrogens with one attached hydrogen (secondary N) is 1. The third-order valence-electron chi connectivity index (χ3n) is 3.34. The van der Waals surface area contributed by atoms with E-state index in [1.165, 1.54) is 29.2 Å². The van der Waals surface area contributed by atoms with Gasteiger partial charge in [0.15, 0.2) is 0 Å². The van der Waals surface area contributed by atoms with Crippen molar-refractivity contribution in [2.75, 3.05) is 17.3 Å². The Morgan fingerprint density at radius 2 is 1.86 bits per heavy atom. The van der Waals surface area contributed by atoms with Crippen molar-refractivity contribution in [3.8, 4) is 0 Å². The van der Waals surface area contributed by atoms with Gasteiger partial charge < -0.3 is 10.2 Å². The van der Waals surface area contributed by atoms with Crippen molar-refractivity contribution in [3.63, 3.8) is 0 Å². The van der Waals surface area contributed by atoms with Crippen LogP contribution < -0.4 is 10.2 Å². The van der Waals surface area contributed by atoms with Crippen LogP contribution in [0.1, 0.15) is 10.4 Å². The van der Waals surface area contributed by atoms with Crippen molar-refractivity contribution in [1.29, 1.82) is 0 Å². The number of amides is 1. The van der Waals surface area contributed by atoms with Gasteiger partial charge in [0, 0.05) is 12.7 Å². The minimum atomic E-state index is -0.782. The highest BCUT2D eigenvalue weighted by Crippen LogP contribution is 2.33. The van der Waals surface area contributed by atoms with Crippen LogP contribution in [0.15, 0.2) is 36.4 Å². The first kappa shape index (κ1) is 13.2. The molecule has 4 nitrogen and oxygen atoms in total. The molecule has 0 aliphatic carbocycles. The zero-order valence-corrected chi connectivity index (χ0v) is 11.0. The summed E-state index contributed by atoms with van der Waals surface area (Å²) >= 11 is 0. The molecule has 0 aromatic heterocycles. The normalized spacial score (nSPS) is 13.1. The average Bonchev–Trinajstić information content (AvgIpc) is 2.73. The molecular weight excluding hydrogens is 278 g/mol. The number of benzene rings is 2. The second-order valence-corrected chi connectivity index (χ2v) is 4.67. The lowest BCUT2D eigenvalue weighted by atomic mass is 10.1. The Kier molecular flexibility index (Phi) is 2.94. The molecule has 1 aliphatic rings. The van der Waals surface area contributed by atoms with Gasteiger partial charge in [0.1, 0.15) is 11.6 Å². The molecule has 0 radical (unpaired) electrons. The molecule has 1 N–H and O–H groups in total. The van der Waals surface area contributed by atoms with Gasteiger partial charge >= 0.3 is 0 Å². The predicted octanol–water partition coefficient (Wildman–Crippen LogP) is 2.87. The molecule has 0 atom stereocenters. The highest BCUT2D eigenvalue weighted by atomic mass is 19.1. The molecule has 0 saturated heterocycles. The minimum absolute atomic E-state index is 0.00823. The molecule has 2 aromatic carbocycles. The van der Waals surface area contributed by atoms with E-state index >= 15 is 0 Å². The van der Waals surface area contributed by atoms with Crippen LogP contribution in [0.4, 0.5) is 25.8 Å². The number of fused-ring (bicyclic) bond motifs is 1. The van der Waals surface area contributed by atoms with Gasteiger partial charge in [-0.3, -0.25) is 9.59 Å². The van der Waals surface area contributed by atoms with E-state index in [1.54, 1.807) is 13.1 Å². The number of halogens is 2. The summed E-state index contributed by atoms with van der Waals surface area (Å²) in [6.45, 7) is 0. The van der Waals surface area contributed by atoms with Gasteiger partial charge in [0.2, 0.25) is 0 Å². The first-order valence-electron chi connectivity index (χ1n) is 6.16. The van der Waals surface area contributed by atoms with E-state index in [2.05, 4.69) is 5.32 Å². The zero-order chi connectivity index (χ0) is 15.1. The molecule has 0 spiro atoms. The van der Waals surface area contributed by atoms with Crippen molar-refractivity contribution < 1.29 is 18.4 Å². The molecule has 1 aliphatic heterocycles. The van der Waals surface area contributed by atoms with E-state index in [4.69, 9.17) is 0 Å². The molecule has 1 amide bonds. The summed E-state index contributed by atoms with van der Waals surface area (Å²) in [5, 5.41) is 2.38. The number of anilines is 3. The summed E-state index contributed by atoms with van der Waals surface area (Å²) in [5.41, 5.74) is 0.845. The number of carbonyl (C=O) groups is 2. The van der Waals surface area contributed by atoms with Crippen LogP contribution >= 0.6 is 0 Å². The summed E-state index contributed by atoms with van der Waals surface area (Å²) in [7, 11) is 1.57. The van der Waals surface area contributed by atoms with Crippen molar-refractivity contribution in [2.24, 2.45) is 0 Å². The maximum Gasteiger partial charge on any atom is 0.296 e. The van der Waals surface area contributed by atoms with E-state index in [0.29, 0.717) is 5.69 Å². The predicted molar refractivity (Wildman–Crippen MR) is 73.8 cm³/mol. The van der Waals surface area contributed by atoms with E-state index in [0.717, 1.165) is 6.07 Å². The van der Waals surface area contributed by atoms with E-state index < -0.39 is 23.3 Å². The summed E-state index contributed by atoms with van der Waals surface area (Å²) in [5.74, 6) is -2.64.